The van der Waals surface area contributed by atoms with Gasteiger partial charge in [0.1, 0.15) is 11.4 Å². The third-order valence-electron chi connectivity index (χ3n) is 5.97. The van der Waals surface area contributed by atoms with Gasteiger partial charge >= 0.3 is 5.97 Å². The van der Waals surface area contributed by atoms with Crippen molar-refractivity contribution in [2.45, 2.75) is 38.8 Å². The Morgan fingerprint density at radius 1 is 1.09 bits per heavy atom. The van der Waals surface area contributed by atoms with Gasteiger partial charge in [-0.15, -0.1) is 0 Å². The van der Waals surface area contributed by atoms with Gasteiger partial charge in [0.15, 0.2) is 6.10 Å². The van der Waals surface area contributed by atoms with Crippen LogP contribution in [0.5, 0.6) is 0 Å². The van der Waals surface area contributed by atoms with Crippen molar-refractivity contribution in [3.05, 3.63) is 54.3 Å². The van der Waals surface area contributed by atoms with Crippen molar-refractivity contribution in [1.82, 2.24) is 0 Å². The maximum atomic E-state index is 14.1. The van der Waals surface area contributed by atoms with Crippen LogP contribution in [0.25, 0.3) is 0 Å². The molecule has 0 bridgehead atoms. The van der Waals surface area contributed by atoms with Crippen molar-refractivity contribution in [3.63, 3.8) is 0 Å². The van der Waals surface area contributed by atoms with Gasteiger partial charge in [0.05, 0.1) is 23.0 Å². The molecule has 0 spiro atoms. The number of nitrogens with one attached hydrogen (secondary N) is 1. The number of fused-ring (bicyclic) bond motifs is 1. The van der Waals surface area contributed by atoms with Gasteiger partial charge in [-0.2, -0.15) is 0 Å². The van der Waals surface area contributed by atoms with Crippen LogP contribution in [0.15, 0.2) is 48.5 Å². The van der Waals surface area contributed by atoms with E-state index < -0.39 is 41.2 Å². The average molecular weight is 453 g/mol. The van der Waals surface area contributed by atoms with Crippen LogP contribution in [0.4, 0.5) is 21.5 Å². The molecular weight excluding hydrogens is 429 g/mol. The van der Waals surface area contributed by atoms with E-state index >= 15 is 0 Å². The number of esters is 1. The number of amides is 3. The van der Waals surface area contributed by atoms with Crippen molar-refractivity contribution < 1.29 is 28.3 Å². The lowest BCUT2D eigenvalue weighted by atomic mass is 9.95. The zero-order valence-electron chi connectivity index (χ0n) is 18.5. The van der Waals surface area contributed by atoms with Crippen LogP contribution in [0, 0.1) is 11.7 Å². The highest BCUT2D eigenvalue weighted by Gasteiger charge is 2.46. The molecule has 1 fully saturated rings. The van der Waals surface area contributed by atoms with Gasteiger partial charge in [-0.3, -0.25) is 24.1 Å². The number of hydrogen-bond donors (Lipinski definition) is 1. The second kappa shape index (κ2) is 8.31. The minimum absolute atomic E-state index is 0.0417. The van der Waals surface area contributed by atoms with Crippen LogP contribution < -0.4 is 15.1 Å². The summed E-state index contributed by atoms with van der Waals surface area (Å²) >= 11 is 0. The highest BCUT2D eigenvalue weighted by atomic mass is 19.1. The molecule has 2 aromatic rings. The minimum atomic E-state index is -1.21. The summed E-state index contributed by atoms with van der Waals surface area (Å²) in [5.74, 6) is -3.45. The fraction of sp³-hybridized carbons (Fsp3) is 0.333. The quantitative estimate of drug-likeness (QED) is 0.719. The summed E-state index contributed by atoms with van der Waals surface area (Å²) in [5, 5.41) is 2.78. The predicted octanol–water partition coefficient (Wildman–Crippen LogP) is 2.87. The molecule has 2 atom stereocenters. The molecule has 8 nitrogen and oxygen atoms in total. The zero-order valence-corrected chi connectivity index (χ0v) is 18.5. The Bertz CT molecular complexity index is 1150. The summed E-state index contributed by atoms with van der Waals surface area (Å²) in [7, 11) is 0. The number of benzene rings is 2. The number of carbonyl (C=O) groups is 4. The molecule has 0 unspecified atom stereocenters. The number of nitrogens with zero attached hydrogens (tertiary/aromatic N) is 2. The van der Waals surface area contributed by atoms with E-state index in [1.807, 2.05) is 0 Å². The molecule has 0 aliphatic carbocycles. The van der Waals surface area contributed by atoms with Gasteiger partial charge in [-0.1, -0.05) is 24.3 Å². The highest BCUT2D eigenvalue weighted by molar-refractivity contribution is 6.15. The minimum Gasteiger partial charge on any atom is -0.452 e. The lowest BCUT2D eigenvalue weighted by Crippen LogP contribution is -2.60. The third-order valence-corrected chi connectivity index (χ3v) is 5.97. The third kappa shape index (κ3) is 3.94. The van der Waals surface area contributed by atoms with Crippen molar-refractivity contribution in [2.75, 3.05) is 21.7 Å². The van der Waals surface area contributed by atoms with Gasteiger partial charge in [-0.05, 0) is 45.0 Å². The first kappa shape index (κ1) is 22.4. The van der Waals surface area contributed by atoms with Crippen molar-refractivity contribution in [2.24, 2.45) is 5.92 Å². The van der Waals surface area contributed by atoms with Crippen molar-refractivity contribution in [3.8, 4) is 0 Å². The molecule has 2 aromatic carbocycles. The van der Waals surface area contributed by atoms with Crippen molar-refractivity contribution in [1.29, 1.82) is 0 Å². The summed E-state index contributed by atoms with van der Waals surface area (Å²) in [6.45, 7) is 4.59. The maximum Gasteiger partial charge on any atom is 0.312 e. The standard InChI is InChI=1S/C24H24FN3O5/c1-14(21(30)28-19-11-7-5-9-17(19)26-23(32)24(28,2)3)33-22(31)15-12-20(29)27(13-15)18-10-6-4-8-16(18)25/h4-11,14-15H,12-13H2,1-3H3,(H,26,32)/t14-,15-/m1/s1. The number of para-hydroxylation sites is 3. The summed E-state index contributed by atoms with van der Waals surface area (Å²) in [4.78, 5) is 53.6. The molecule has 9 heteroatoms. The molecule has 1 saturated heterocycles. The summed E-state index contributed by atoms with van der Waals surface area (Å²) in [6.07, 6.45) is -1.34. The molecule has 172 valence electrons. The monoisotopic (exact) mass is 453 g/mol. The van der Waals surface area contributed by atoms with E-state index in [0.717, 1.165) is 0 Å². The number of carbonyl (C=O) groups excluding carboxylic acids is 4. The van der Waals surface area contributed by atoms with E-state index in [0.29, 0.717) is 11.4 Å². The number of anilines is 3. The van der Waals surface area contributed by atoms with E-state index in [1.54, 1.807) is 44.2 Å². The van der Waals surface area contributed by atoms with E-state index in [4.69, 9.17) is 4.74 Å². The molecular formula is C24H24FN3O5. The van der Waals surface area contributed by atoms with E-state index in [2.05, 4.69) is 5.32 Å². The first-order valence-electron chi connectivity index (χ1n) is 10.6. The van der Waals surface area contributed by atoms with Gasteiger partial charge < -0.3 is 15.0 Å². The SMILES string of the molecule is C[C@@H](OC(=O)[C@@H]1CC(=O)N(c2ccccc2F)C1)C(=O)N1c2ccccc2NC(=O)C1(C)C. The van der Waals surface area contributed by atoms with Gasteiger partial charge in [0, 0.05) is 13.0 Å². The first-order valence-corrected chi connectivity index (χ1v) is 10.6. The molecule has 1 N–H and O–H groups in total. The molecule has 0 saturated carbocycles. The largest absolute Gasteiger partial charge is 0.452 e. The second-order valence-corrected chi connectivity index (χ2v) is 8.64. The van der Waals surface area contributed by atoms with Crippen LogP contribution in [0.3, 0.4) is 0 Å². The van der Waals surface area contributed by atoms with Crippen molar-refractivity contribution >= 4 is 40.8 Å². The number of hydrogen-bond acceptors (Lipinski definition) is 5. The topological polar surface area (TPSA) is 96.0 Å². The Morgan fingerprint density at radius 2 is 1.73 bits per heavy atom. The summed E-state index contributed by atoms with van der Waals surface area (Å²) < 4.78 is 19.5. The molecule has 0 aromatic heterocycles. The normalized spacial score (nSPS) is 20.2. The Balaban J connectivity index is 1.49. The summed E-state index contributed by atoms with van der Waals surface area (Å²) in [5.41, 5.74) is -0.135. The van der Waals surface area contributed by atoms with E-state index in [-0.39, 0.29) is 24.6 Å². The zero-order chi connectivity index (χ0) is 23.9. The maximum absolute atomic E-state index is 14.1. The van der Waals surface area contributed by atoms with Gasteiger partial charge in [-0.25, -0.2) is 4.39 Å². The van der Waals surface area contributed by atoms with Gasteiger partial charge in [0.2, 0.25) is 11.8 Å². The van der Waals surface area contributed by atoms with Crippen LogP contribution >= 0.6 is 0 Å². The van der Waals surface area contributed by atoms with E-state index in [9.17, 15) is 23.6 Å². The number of halogens is 1. The second-order valence-electron chi connectivity index (χ2n) is 8.64. The molecule has 2 aliphatic heterocycles. The highest BCUT2D eigenvalue weighted by Crippen LogP contribution is 2.37. The van der Waals surface area contributed by atoms with Crippen LogP contribution in [-0.4, -0.2) is 41.9 Å². The van der Waals surface area contributed by atoms with Gasteiger partial charge in [0.25, 0.3) is 5.91 Å². The van der Waals surface area contributed by atoms with E-state index in [1.165, 1.54) is 34.9 Å². The Kier molecular flexibility index (Phi) is 5.65. The summed E-state index contributed by atoms with van der Waals surface area (Å²) in [6, 6.07) is 12.7. The predicted molar refractivity (Wildman–Crippen MR) is 119 cm³/mol. The number of rotatable bonds is 4. The lowest BCUT2D eigenvalue weighted by Gasteiger charge is -2.42. The molecule has 33 heavy (non-hydrogen) atoms. The molecule has 2 aliphatic rings. The Morgan fingerprint density at radius 3 is 2.42 bits per heavy atom. The fourth-order valence-corrected chi connectivity index (χ4v) is 4.12. The average Bonchev–Trinajstić information content (AvgIpc) is 3.16. The molecule has 0 radical (unpaired) electrons. The molecule has 2 heterocycles. The Hall–Kier alpha value is -3.75. The van der Waals surface area contributed by atoms with Crippen LogP contribution in [-0.2, 0) is 23.9 Å². The van der Waals surface area contributed by atoms with Crippen LogP contribution in [0.1, 0.15) is 27.2 Å². The Labute approximate surface area is 190 Å². The first-order chi connectivity index (χ1) is 15.6. The fourth-order valence-electron chi connectivity index (χ4n) is 4.12. The lowest BCUT2D eigenvalue weighted by molar-refractivity contribution is -0.158. The molecule has 3 amide bonds. The number of ether oxygens (including phenoxy) is 1. The molecule has 4 rings (SSSR count). The van der Waals surface area contributed by atoms with Crippen LogP contribution in [0.2, 0.25) is 0 Å². The smallest absolute Gasteiger partial charge is 0.312 e.